The highest BCUT2D eigenvalue weighted by Gasteiger charge is 2.57. The zero-order valence-electron chi connectivity index (χ0n) is 12.8. The maximum Gasteiger partial charge on any atom is 0.236 e. The second-order valence-electron chi connectivity index (χ2n) is 6.35. The van der Waals surface area contributed by atoms with Crippen LogP contribution in [0.1, 0.15) is 31.2 Å². The summed E-state index contributed by atoms with van der Waals surface area (Å²) in [4.78, 5) is 27.1. The lowest BCUT2D eigenvalue weighted by atomic mass is 9.64. The lowest BCUT2D eigenvalue weighted by Gasteiger charge is -2.43. The van der Waals surface area contributed by atoms with E-state index in [-0.39, 0.29) is 17.6 Å². The molecule has 0 radical (unpaired) electrons. The minimum absolute atomic E-state index is 0.00971. The first-order valence-corrected chi connectivity index (χ1v) is 8.49. The number of carbonyl (C=O) groups is 2. The summed E-state index contributed by atoms with van der Waals surface area (Å²) < 4.78 is 1.01. The monoisotopic (exact) mass is 361 g/mol. The summed E-state index contributed by atoms with van der Waals surface area (Å²) in [6.45, 7) is 4.94. The van der Waals surface area contributed by atoms with Gasteiger partial charge in [-0.3, -0.25) is 9.59 Å². The lowest BCUT2D eigenvalue weighted by molar-refractivity contribution is -0.153. The van der Waals surface area contributed by atoms with Gasteiger partial charge in [0.2, 0.25) is 5.91 Å². The van der Waals surface area contributed by atoms with Crippen LogP contribution in [0.2, 0.25) is 0 Å². The molecule has 1 saturated carbocycles. The first-order valence-electron chi connectivity index (χ1n) is 7.70. The van der Waals surface area contributed by atoms with Crippen molar-refractivity contribution in [1.29, 1.82) is 0 Å². The molecular formula is C18H20BrNO2. The second kappa shape index (κ2) is 5.65. The van der Waals surface area contributed by atoms with Gasteiger partial charge in [-0.1, -0.05) is 34.6 Å². The number of rotatable bonds is 2. The Morgan fingerprint density at radius 1 is 1.32 bits per heavy atom. The Morgan fingerprint density at radius 2 is 2.00 bits per heavy atom. The van der Waals surface area contributed by atoms with Crippen LogP contribution < -0.4 is 0 Å². The molecule has 1 heterocycles. The quantitative estimate of drug-likeness (QED) is 0.753. The number of amides is 1. The average Bonchev–Trinajstić information content (AvgIpc) is 2.88. The van der Waals surface area contributed by atoms with Crippen LogP contribution in [0.15, 0.2) is 35.3 Å². The van der Waals surface area contributed by atoms with Crippen molar-refractivity contribution in [3.8, 4) is 0 Å². The largest absolute Gasteiger partial charge is 0.345 e. The lowest BCUT2D eigenvalue weighted by Crippen LogP contribution is -2.54. The number of ketones is 1. The van der Waals surface area contributed by atoms with Crippen molar-refractivity contribution < 1.29 is 9.59 Å². The van der Waals surface area contributed by atoms with Crippen molar-refractivity contribution >= 4 is 33.2 Å². The molecule has 0 N–H and O–H groups in total. The van der Waals surface area contributed by atoms with Gasteiger partial charge in [0.25, 0.3) is 0 Å². The molecule has 2 atom stereocenters. The summed E-state index contributed by atoms with van der Waals surface area (Å²) in [5.41, 5.74) is 1.07. The minimum atomic E-state index is -0.864. The van der Waals surface area contributed by atoms with Crippen molar-refractivity contribution in [2.45, 2.75) is 25.7 Å². The van der Waals surface area contributed by atoms with Gasteiger partial charge in [-0.2, -0.15) is 0 Å². The van der Waals surface area contributed by atoms with Gasteiger partial charge in [0.15, 0.2) is 0 Å². The highest BCUT2D eigenvalue weighted by molar-refractivity contribution is 9.10. The van der Waals surface area contributed by atoms with Gasteiger partial charge >= 0.3 is 0 Å². The topological polar surface area (TPSA) is 37.4 Å². The number of likely N-dealkylation sites (tertiary alicyclic amines) is 1. The van der Waals surface area contributed by atoms with E-state index in [1.807, 2.05) is 24.3 Å². The Bertz CT molecular complexity index is 637. The molecule has 0 bridgehead atoms. The molecule has 1 aromatic rings. The van der Waals surface area contributed by atoms with E-state index in [4.69, 9.17) is 0 Å². The fourth-order valence-corrected chi connectivity index (χ4v) is 4.25. The predicted molar refractivity (Wildman–Crippen MR) is 90.2 cm³/mol. The average molecular weight is 362 g/mol. The maximum absolute atomic E-state index is 12.8. The second-order valence-corrected chi connectivity index (χ2v) is 7.26. The molecule has 3 rings (SSSR count). The molecule has 1 spiro atoms. The number of hydrogen-bond donors (Lipinski definition) is 0. The van der Waals surface area contributed by atoms with Crippen LogP contribution in [0.4, 0.5) is 0 Å². The Labute approximate surface area is 139 Å². The number of Topliss-reactive ketones (excluding diaryl/α,β-unsaturated/α-hetero) is 1. The molecule has 116 valence electrons. The number of halogens is 1. The summed E-state index contributed by atoms with van der Waals surface area (Å²) in [7, 11) is 1.80. The summed E-state index contributed by atoms with van der Waals surface area (Å²) in [5.74, 6) is 0.0178. The summed E-state index contributed by atoms with van der Waals surface area (Å²) in [6, 6.07) is 7.95. The van der Waals surface area contributed by atoms with E-state index in [1.54, 1.807) is 11.9 Å². The van der Waals surface area contributed by atoms with Crippen LogP contribution >= 0.6 is 15.9 Å². The number of piperidine rings is 1. The van der Waals surface area contributed by atoms with Gasteiger partial charge in [0.05, 0.1) is 0 Å². The van der Waals surface area contributed by atoms with Crippen molar-refractivity contribution in [2.24, 2.45) is 11.3 Å². The molecule has 1 amide bonds. The van der Waals surface area contributed by atoms with Gasteiger partial charge in [-0.25, -0.2) is 0 Å². The molecule has 1 aliphatic carbocycles. The molecule has 1 aromatic carbocycles. The van der Waals surface area contributed by atoms with Crippen LogP contribution in [0, 0.1) is 11.3 Å². The van der Waals surface area contributed by atoms with Crippen LogP contribution in [-0.2, 0) is 9.59 Å². The highest BCUT2D eigenvalue weighted by atomic mass is 79.9. The Kier molecular flexibility index (Phi) is 3.98. The van der Waals surface area contributed by atoms with Crippen LogP contribution in [0.5, 0.6) is 0 Å². The Morgan fingerprint density at radius 3 is 2.59 bits per heavy atom. The molecule has 2 aliphatic rings. The molecule has 22 heavy (non-hydrogen) atoms. The smallest absolute Gasteiger partial charge is 0.236 e. The standard InChI is InChI=1S/C18H20BrNO2/c1-12(13-5-7-14(19)8-6-13)15-9-11-20(2)17(22)18(15)10-3-4-16(18)21/h5-8,15H,1,3-4,9-11H2,2H3/t15-,18+/m1/s1. The third-order valence-corrected chi connectivity index (χ3v) is 5.71. The van der Waals surface area contributed by atoms with Crippen molar-refractivity contribution in [3.05, 3.63) is 40.9 Å². The number of hydrogen-bond acceptors (Lipinski definition) is 2. The summed E-state index contributed by atoms with van der Waals surface area (Å²) in [5, 5.41) is 0. The molecule has 3 nitrogen and oxygen atoms in total. The molecule has 4 heteroatoms. The Balaban J connectivity index is 2.00. The van der Waals surface area contributed by atoms with Gasteiger partial charge in [0, 0.05) is 30.4 Å². The van der Waals surface area contributed by atoms with Gasteiger partial charge in [-0.15, -0.1) is 0 Å². The zero-order valence-corrected chi connectivity index (χ0v) is 14.4. The molecule has 2 fully saturated rings. The van der Waals surface area contributed by atoms with E-state index in [0.717, 1.165) is 28.5 Å². The van der Waals surface area contributed by atoms with E-state index in [2.05, 4.69) is 22.5 Å². The van der Waals surface area contributed by atoms with Crippen molar-refractivity contribution in [1.82, 2.24) is 4.90 Å². The van der Waals surface area contributed by atoms with Crippen molar-refractivity contribution in [2.75, 3.05) is 13.6 Å². The minimum Gasteiger partial charge on any atom is -0.345 e. The molecule has 1 saturated heterocycles. The normalized spacial score (nSPS) is 28.5. The van der Waals surface area contributed by atoms with E-state index in [0.29, 0.717) is 19.4 Å². The summed E-state index contributed by atoms with van der Waals surface area (Å²) >= 11 is 3.43. The number of carbonyl (C=O) groups excluding carboxylic acids is 2. The zero-order chi connectivity index (χ0) is 15.9. The van der Waals surface area contributed by atoms with Crippen molar-refractivity contribution in [3.63, 3.8) is 0 Å². The third-order valence-electron chi connectivity index (χ3n) is 5.18. The van der Waals surface area contributed by atoms with E-state index < -0.39 is 5.41 Å². The molecule has 0 aromatic heterocycles. The van der Waals surface area contributed by atoms with E-state index >= 15 is 0 Å². The fourth-order valence-electron chi connectivity index (χ4n) is 3.98. The Hall–Kier alpha value is -1.42. The van der Waals surface area contributed by atoms with Crippen LogP contribution in [0.3, 0.4) is 0 Å². The number of nitrogens with zero attached hydrogens (tertiary/aromatic N) is 1. The number of benzene rings is 1. The first kappa shape index (κ1) is 15.5. The summed E-state index contributed by atoms with van der Waals surface area (Å²) in [6.07, 6.45) is 2.80. The third kappa shape index (κ3) is 2.24. The van der Waals surface area contributed by atoms with Crippen LogP contribution in [0.25, 0.3) is 5.57 Å². The van der Waals surface area contributed by atoms with E-state index in [1.165, 1.54) is 0 Å². The maximum atomic E-state index is 12.8. The highest BCUT2D eigenvalue weighted by Crippen LogP contribution is 2.51. The van der Waals surface area contributed by atoms with Gasteiger partial charge < -0.3 is 4.90 Å². The molecule has 0 unspecified atom stereocenters. The van der Waals surface area contributed by atoms with Gasteiger partial charge in [-0.05, 0) is 42.5 Å². The molecular weight excluding hydrogens is 342 g/mol. The first-order chi connectivity index (χ1) is 10.5. The SMILES string of the molecule is C=C(c1ccc(Br)cc1)[C@H]1CCN(C)C(=O)[C@@]12CCCC2=O. The van der Waals surface area contributed by atoms with Crippen LogP contribution in [-0.4, -0.2) is 30.2 Å². The molecule has 1 aliphatic heterocycles. The fraction of sp³-hybridized carbons (Fsp3) is 0.444. The number of allylic oxidation sites excluding steroid dienone is 1. The van der Waals surface area contributed by atoms with E-state index in [9.17, 15) is 9.59 Å². The van der Waals surface area contributed by atoms with Gasteiger partial charge in [0.1, 0.15) is 11.2 Å². The predicted octanol–water partition coefficient (Wildman–Crippen LogP) is 3.68.